The summed E-state index contributed by atoms with van der Waals surface area (Å²) in [6, 6.07) is 0. The summed E-state index contributed by atoms with van der Waals surface area (Å²) >= 11 is 0. The van der Waals surface area contributed by atoms with Gasteiger partial charge in [-0.05, 0) is 79.4 Å². The molecule has 0 aromatic heterocycles. The van der Waals surface area contributed by atoms with Crippen LogP contribution in [0.4, 0.5) is 0 Å². The van der Waals surface area contributed by atoms with Gasteiger partial charge in [-0.1, -0.05) is 26.0 Å². The van der Waals surface area contributed by atoms with Crippen molar-refractivity contribution in [1.82, 2.24) is 0 Å². The molecule has 118 valence electrons. The molecule has 0 aromatic rings. The topological polar surface area (TPSA) is 40.5 Å². The summed E-state index contributed by atoms with van der Waals surface area (Å²) < 4.78 is 0. The van der Waals surface area contributed by atoms with E-state index in [-0.39, 0.29) is 5.41 Å². The van der Waals surface area contributed by atoms with Crippen LogP contribution < -0.4 is 0 Å². The molecule has 0 aromatic carbocycles. The van der Waals surface area contributed by atoms with Gasteiger partial charge in [0, 0.05) is 0 Å². The maximum atomic E-state index is 10.5. The van der Waals surface area contributed by atoms with Gasteiger partial charge in [0.15, 0.2) is 0 Å². The molecule has 0 bridgehead atoms. The van der Waals surface area contributed by atoms with E-state index < -0.39 is 12.2 Å². The fourth-order valence-electron chi connectivity index (χ4n) is 6.83. The van der Waals surface area contributed by atoms with E-state index in [9.17, 15) is 10.2 Å². The summed E-state index contributed by atoms with van der Waals surface area (Å²) in [5, 5.41) is 20.7. The average molecular weight is 290 g/mol. The summed E-state index contributed by atoms with van der Waals surface area (Å²) in [6.45, 7) is 4.77. The molecular formula is C19H30O2. The SMILES string of the molecule is C[C@]12CC=CC[C@@H]1CC[C@@H]1[C@@H]2CC[C@]2(C)[C@@H](O)[C@H](O)C[C@@H]12. The lowest BCUT2D eigenvalue weighted by Gasteiger charge is -2.59. The highest BCUT2D eigenvalue weighted by atomic mass is 16.3. The van der Waals surface area contributed by atoms with Crippen molar-refractivity contribution in [3.63, 3.8) is 0 Å². The molecule has 0 radical (unpaired) electrons. The van der Waals surface area contributed by atoms with Crippen molar-refractivity contribution < 1.29 is 10.2 Å². The van der Waals surface area contributed by atoms with Crippen molar-refractivity contribution in [1.29, 1.82) is 0 Å². The van der Waals surface area contributed by atoms with Gasteiger partial charge in [-0.3, -0.25) is 0 Å². The highest BCUT2D eigenvalue weighted by Crippen LogP contribution is 2.65. The molecule has 3 saturated carbocycles. The second kappa shape index (κ2) is 4.58. The van der Waals surface area contributed by atoms with Crippen molar-refractivity contribution >= 4 is 0 Å². The Morgan fingerprint density at radius 2 is 1.76 bits per heavy atom. The zero-order valence-electron chi connectivity index (χ0n) is 13.5. The smallest absolute Gasteiger partial charge is 0.0855 e. The van der Waals surface area contributed by atoms with E-state index >= 15 is 0 Å². The number of allylic oxidation sites excluding steroid dienone is 2. The summed E-state index contributed by atoms with van der Waals surface area (Å²) in [5.74, 6) is 2.93. The van der Waals surface area contributed by atoms with Crippen LogP contribution in [0, 0.1) is 34.5 Å². The lowest BCUT2D eigenvalue weighted by atomic mass is 9.46. The molecule has 3 fully saturated rings. The third kappa shape index (κ3) is 1.78. The predicted molar refractivity (Wildman–Crippen MR) is 83.6 cm³/mol. The van der Waals surface area contributed by atoms with Crippen LogP contribution in [0.3, 0.4) is 0 Å². The fourth-order valence-corrected chi connectivity index (χ4v) is 6.83. The second-order valence-corrected chi connectivity index (χ2v) is 8.86. The first-order valence-corrected chi connectivity index (χ1v) is 8.98. The summed E-state index contributed by atoms with van der Waals surface area (Å²) in [4.78, 5) is 0. The van der Waals surface area contributed by atoms with Gasteiger partial charge in [0.2, 0.25) is 0 Å². The largest absolute Gasteiger partial charge is 0.390 e. The number of hydrogen-bond acceptors (Lipinski definition) is 2. The van der Waals surface area contributed by atoms with Gasteiger partial charge in [0.25, 0.3) is 0 Å². The quantitative estimate of drug-likeness (QED) is 0.670. The van der Waals surface area contributed by atoms with Crippen LogP contribution in [0.5, 0.6) is 0 Å². The molecule has 2 N–H and O–H groups in total. The Kier molecular flexibility index (Phi) is 3.11. The molecule has 0 amide bonds. The lowest BCUT2D eigenvalue weighted by Crippen LogP contribution is -2.53. The normalized spacial score (nSPS) is 59.2. The molecule has 0 spiro atoms. The minimum absolute atomic E-state index is 0.0334. The van der Waals surface area contributed by atoms with Gasteiger partial charge in [0.1, 0.15) is 0 Å². The first-order chi connectivity index (χ1) is 9.97. The van der Waals surface area contributed by atoms with E-state index in [1.165, 1.54) is 32.1 Å². The fraction of sp³-hybridized carbons (Fsp3) is 0.895. The van der Waals surface area contributed by atoms with Crippen molar-refractivity contribution in [2.45, 2.75) is 71.0 Å². The Bertz CT molecular complexity index is 458. The molecule has 0 aliphatic heterocycles. The lowest BCUT2D eigenvalue weighted by molar-refractivity contribution is -0.113. The predicted octanol–water partition coefficient (Wildman–Crippen LogP) is 3.53. The van der Waals surface area contributed by atoms with Crippen LogP contribution in [0.2, 0.25) is 0 Å². The number of fused-ring (bicyclic) bond motifs is 5. The van der Waals surface area contributed by atoms with Crippen LogP contribution >= 0.6 is 0 Å². The molecule has 4 aliphatic rings. The van der Waals surface area contributed by atoms with Crippen LogP contribution in [0.1, 0.15) is 58.8 Å². The van der Waals surface area contributed by atoms with Gasteiger partial charge in [-0.15, -0.1) is 0 Å². The summed E-state index contributed by atoms with van der Waals surface area (Å²) in [7, 11) is 0. The Morgan fingerprint density at radius 1 is 0.952 bits per heavy atom. The van der Waals surface area contributed by atoms with E-state index in [2.05, 4.69) is 26.0 Å². The third-order valence-electron chi connectivity index (χ3n) is 8.18. The number of rotatable bonds is 0. The minimum Gasteiger partial charge on any atom is -0.390 e. The molecule has 0 heterocycles. The molecule has 4 aliphatic carbocycles. The highest BCUT2D eigenvalue weighted by molar-refractivity contribution is 5.13. The van der Waals surface area contributed by atoms with E-state index in [0.717, 1.165) is 30.6 Å². The zero-order chi connectivity index (χ0) is 14.8. The third-order valence-corrected chi connectivity index (χ3v) is 8.18. The molecular weight excluding hydrogens is 260 g/mol. The van der Waals surface area contributed by atoms with E-state index in [4.69, 9.17) is 0 Å². The van der Waals surface area contributed by atoms with Gasteiger partial charge >= 0.3 is 0 Å². The first-order valence-electron chi connectivity index (χ1n) is 8.98. The summed E-state index contributed by atoms with van der Waals surface area (Å²) in [6.07, 6.45) is 12.2. The summed E-state index contributed by atoms with van der Waals surface area (Å²) in [5.41, 5.74) is 0.436. The Hall–Kier alpha value is -0.340. The van der Waals surface area contributed by atoms with Crippen molar-refractivity contribution in [3.8, 4) is 0 Å². The molecule has 4 rings (SSSR count). The standard InChI is InChI=1S/C19H30O2/c1-18-9-4-3-5-12(18)6-7-13-14(18)8-10-19(2)15(13)11-16(20)17(19)21/h3-4,12-17,20-21H,5-11H2,1-2H3/t12-,13-,14+,15+,16-,17+,18+,19+/m1/s1. The van der Waals surface area contributed by atoms with E-state index in [1.807, 2.05) is 0 Å². The highest BCUT2D eigenvalue weighted by Gasteiger charge is 2.61. The molecule has 0 saturated heterocycles. The Morgan fingerprint density at radius 3 is 2.57 bits per heavy atom. The molecule has 0 unspecified atom stereocenters. The molecule has 2 heteroatoms. The number of aliphatic hydroxyl groups is 2. The second-order valence-electron chi connectivity index (χ2n) is 8.86. The Balaban J connectivity index is 1.67. The van der Waals surface area contributed by atoms with Crippen molar-refractivity contribution in [2.24, 2.45) is 34.5 Å². The number of hydrogen-bond donors (Lipinski definition) is 2. The van der Waals surface area contributed by atoms with Crippen LogP contribution in [-0.2, 0) is 0 Å². The Labute approximate surface area is 128 Å². The van der Waals surface area contributed by atoms with E-state index in [0.29, 0.717) is 11.3 Å². The maximum Gasteiger partial charge on any atom is 0.0855 e. The van der Waals surface area contributed by atoms with Gasteiger partial charge < -0.3 is 10.2 Å². The van der Waals surface area contributed by atoms with Gasteiger partial charge in [-0.2, -0.15) is 0 Å². The molecule has 2 nitrogen and oxygen atoms in total. The maximum absolute atomic E-state index is 10.5. The van der Waals surface area contributed by atoms with Crippen molar-refractivity contribution in [2.75, 3.05) is 0 Å². The van der Waals surface area contributed by atoms with Gasteiger partial charge in [-0.25, -0.2) is 0 Å². The van der Waals surface area contributed by atoms with Crippen LogP contribution in [-0.4, -0.2) is 22.4 Å². The van der Waals surface area contributed by atoms with Gasteiger partial charge in [0.05, 0.1) is 12.2 Å². The number of aliphatic hydroxyl groups excluding tert-OH is 2. The van der Waals surface area contributed by atoms with Crippen LogP contribution in [0.15, 0.2) is 12.2 Å². The van der Waals surface area contributed by atoms with E-state index in [1.54, 1.807) is 0 Å². The van der Waals surface area contributed by atoms with Crippen LogP contribution in [0.25, 0.3) is 0 Å². The molecule has 8 atom stereocenters. The monoisotopic (exact) mass is 290 g/mol. The first kappa shape index (κ1) is 14.3. The molecule has 21 heavy (non-hydrogen) atoms. The minimum atomic E-state index is -0.500. The van der Waals surface area contributed by atoms with Crippen molar-refractivity contribution in [3.05, 3.63) is 12.2 Å². The average Bonchev–Trinajstić information content (AvgIpc) is 2.70. The zero-order valence-corrected chi connectivity index (χ0v) is 13.5.